The largest absolute Gasteiger partial charge is 0.484 e. The standard InChI is InChI=1S/C22H25F2N3O3/c1-16(22(29)25-14-17-4-2-3-5-20(17)24)26-10-12-27(13-11-26)21(28)15-30-19-8-6-18(23)7-9-19/h2-9,16H,10-15H2,1H3,(H,25,29). The Morgan fingerprint density at radius 1 is 1.03 bits per heavy atom. The maximum atomic E-state index is 13.7. The van der Waals surface area contributed by atoms with Crippen LogP contribution in [0.3, 0.4) is 0 Å². The third-order valence-electron chi connectivity index (χ3n) is 5.18. The van der Waals surface area contributed by atoms with E-state index < -0.39 is 0 Å². The molecule has 1 unspecified atom stereocenters. The molecule has 160 valence electrons. The number of nitrogens with one attached hydrogen (secondary N) is 1. The summed E-state index contributed by atoms with van der Waals surface area (Å²) in [6.45, 7) is 3.88. The summed E-state index contributed by atoms with van der Waals surface area (Å²) in [5.74, 6) is -0.617. The summed E-state index contributed by atoms with van der Waals surface area (Å²) in [5, 5.41) is 2.77. The maximum Gasteiger partial charge on any atom is 0.260 e. The zero-order valence-electron chi connectivity index (χ0n) is 16.8. The van der Waals surface area contributed by atoms with Crippen molar-refractivity contribution >= 4 is 11.8 Å². The minimum absolute atomic E-state index is 0.121. The van der Waals surface area contributed by atoms with Crippen molar-refractivity contribution in [1.82, 2.24) is 15.1 Å². The Labute approximate surface area is 174 Å². The first kappa shape index (κ1) is 21.7. The maximum absolute atomic E-state index is 13.7. The van der Waals surface area contributed by atoms with Crippen LogP contribution in [-0.2, 0) is 16.1 Å². The van der Waals surface area contributed by atoms with E-state index in [4.69, 9.17) is 4.74 Å². The Morgan fingerprint density at radius 3 is 2.37 bits per heavy atom. The van der Waals surface area contributed by atoms with Crippen molar-refractivity contribution in [2.75, 3.05) is 32.8 Å². The van der Waals surface area contributed by atoms with E-state index >= 15 is 0 Å². The summed E-state index contributed by atoms with van der Waals surface area (Å²) >= 11 is 0. The highest BCUT2D eigenvalue weighted by Gasteiger charge is 2.27. The normalized spacial score (nSPS) is 15.5. The zero-order valence-corrected chi connectivity index (χ0v) is 16.8. The van der Waals surface area contributed by atoms with Crippen LogP contribution >= 0.6 is 0 Å². The average molecular weight is 417 g/mol. The van der Waals surface area contributed by atoms with E-state index in [0.717, 1.165) is 0 Å². The Kier molecular flexibility index (Phi) is 7.35. The van der Waals surface area contributed by atoms with Crippen molar-refractivity contribution in [3.8, 4) is 5.75 Å². The summed E-state index contributed by atoms with van der Waals surface area (Å²) in [5.41, 5.74) is 0.439. The molecule has 1 aliphatic heterocycles. The molecule has 1 saturated heterocycles. The van der Waals surface area contributed by atoms with Crippen LogP contribution < -0.4 is 10.1 Å². The monoisotopic (exact) mass is 417 g/mol. The fraction of sp³-hybridized carbons (Fsp3) is 0.364. The molecule has 2 aromatic carbocycles. The smallest absolute Gasteiger partial charge is 0.260 e. The van der Waals surface area contributed by atoms with Crippen LogP contribution in [0.2, 0.25) is 0 Å². The van der Waals surface area contributed by atoms with Crippen LogP contribution in [0.25, 0.3) is 0 Å². The van der Waals surface area contributed by atoms with Gasteiger partial charge in [-0.25, -0.2) is 8.78 Å². The van der Waals surface area contributed by atoms with Crippen molar-refractivity contribution in [1.29, 1.82) is 0 Å². The Bertz CT molecular complexity index is 868. The van der Waals surface area contributed by atoms with Gasteiger partial charge in [-0.05, 0) is 37.3 Å². The van der Waals surface area contributed by atoms with Gasteiger partial charge < -0.3 is 15.0 Å². The van der Waals surface area contributed by atoms with Gasteiger partial charge in [0.2, 0.25) is 5.91 Å². The first-order valence-electron chi connectivity index (χ1n) is 9.85. The van der Waals surface area contributed by atoms with E-state index in [2.05, 4.69) is 5.32 Å². The minimum Gasteiger partial charge on any atom is -0.484 e. The van der Waals surface area contributed by atoms with Gasteiger partial charge in [0.15, 0.2) is 6.61 Å². The highest BCUT2D eigenvalue weighted by molar-refractivity contribution is 5.81. The van der Waals surface area contributed by atoms with Crippen molar-refractivity contribution < 1.29 is 23.1 Å². The van der Waals surface area contributed by atoms with Crippen LogP contribution in [0.5, 0.6) is 5.75 Å². The molecule has 6 nitrogen and oxygen atoms in total. The Hall–Kier alpha value is -3.00. The molecule has 1 atom stereocenters. The van der Waals surface area contributed by atoms with Gasteiger partial charge in [-0.1, -0.05) is 18.2 Å². The molecule has 0 saturated carbocycles. The van der Waals surface area contributed by atoms with Gasteiger partial charge in [-0.15, -0.1) is 0 Å². The quantitative estimate of drug-likeness (QED) is 0.750. The summed E-state index contributed by atoms with van der Waals surface area (Å²) in [6, 6.07) is 11.4. The molecule has 1 aliphatic rings. The number of amides is 2. The van der Waals surface area contributed by atoms with Crippen molar-refractivity contribution in [3.05, 3.63) is 65.7 Å². The van der Waals surface area contributed by atoms with Gasteiger partial charge in [0.1, 0.15) is 17.4 Å². The highest BCUT2D eigenvalue weighted by Crippen LogP contribution is 2.12. The van der Waals surface area contributed by atoms with Crippen molar-refractivity contribution in [2.24, 2.45) is 0 Å². The first-order valence-corrected chi connectivity index (χ1v) is 9.85. The number of carbonyl (C=O) groups excluding carboxylic acids is 2. The summed E-state index contributed by atoms with van der Waals surface area (Å²) in [6.07, 6.45) is 0. The van der Waals surface area contributed by atoms with E-state index in [-0.39, 0.29) is 42.6 Å². The second-order valence-electron chi connectivity index (χ2n) is 7.14. The van der Waals surface area contributed by atoms with Gasteiger partial charge in [-0.3, -0.25) is 14.5 Å². The van der Waals surface area contributed by atoms with Crippen LogP contribution in [0.1, 0.15) is 12.5 Å². The fourth-order valence-electron chi connectivity index (χ4n) is 3.26. The molecule has 2 amide bonds. The molecule has 30 heavy (non-hydrogen) atoms. The van der Waals surface area contributed by atoms with Gasteiger partial charge in [0.05, 0.1) is 6.04 Å². The number of rotatable bonds is 7. The molecule has 1 N–H and O–H groups in total. The number of halogens is 2. The van der Waals surface area contributed by atoms with Gasteiger partial charge >= 0.3 is 0 Å². The van der Waals surface area contributed by atoms with E-state index in [1.54, 1.807) is 30.0 Å². The molecule has 1 heterocycles. The van der Waals surface area contributed by atoms with Crippen molar-refractivity contribution in [2.45, 2.75) is 19.5 Å². The van der Waals surface area contributed by atoms with Crippen LogP contribution in [-0.4, -0.2) is 60.4 Å². The molecule has 0 aromatic heterocycles. The minimum atomic E-state index is -0.385. The van der Waals surface area contributed by atoms with Gasteiger partial charge in [0.25, 0.3) is 5.91 Å². The first-order chi connectivity index (χ1) is 14.4. The molecule has 3 rings (SSSR count). The molecular formula is C22H25F2N3O3. The lowest BCUT2D eigenvalue weighted by Crippen LogP contribution is -2.55. The molecule has 2 aromatic rings. The number of piperazine rings is 1. The van der Waals surface area contributed by atoms with E-state index in [1.807, 2.05) is 4.90 Å². The van der Waals surface area contributed by atoms with Gasteiger partial charge in [0, 0.05) is 38.3 Å². The highest BCUT2D eigenvalue weighted by atomic mass is 19.1. The molecule has 0 aliphatic carbocycles. The Balaban J connectivity index is 1.41. The molecular weight excluding hydrogens is 392 g/mol. The van der Waals surface area contributed by atoms with E-state index in [1.165, 1.54) is 30.3 Å². The van der Waals surface area contributed by atoms with E-state index in [0.29, 0.717) is 37.5 Å². The van der Waals surface area contributed by atoms with Crippen LogP contribution in [0.4, 0.5) is 8.78 Å². The zero-order chi connectivity index (χ0) is 21.5. The lowest BCUT2D eigenvalue weighted by Gasteiger charge is -2.37. The predicted molar refractivity (Wildman–Crippen MR) is 108 cm³/mol. The van der Waals surface area contributed by atoms with Crippen LogP contribution in [0, 0.1) is 11.6 Å². The topological polar surface area (TPSA) is 61.9 Å². The fourth-order valence-corrected chi connectivity index (χ4v) is 3.26. The SMILES string of the molecule is CC(C(=O)NCc1ccccc1F)N1CCN(C(=O)COc2ccc(F)cc2)CC1. The predicted octanol–water partition coefficient (Wildman–Crippen LogP) is 2.19. The second kappa shape index (κ2) is 10.2. The summed E-state index contributed by atoms with van der Waals surface area (Å²) in [4.78, 5) is 28.4. The second-order valence-corrected chi connectivity index (χ2v) is 7.14. The number of hydrogen-bond acceptors (Lipinski definition) is 4. The molecule has 0 radical (unpaired) electrons. The molecule has 0 bridgehead atoms. The van der Waals surface area contributed by atoms with Crippen LogP contribution in [0.15, 0.2) is 48.5 Å². The average Bonchev–Trinajstić information content (AvgIpc) is 2.77. The number of hydrogen-bond donors (Lipinski definition) is 1. The van der Waals surface area contributed by atoms with E-state index in [9.17, 15) is 18.4 Å². The number of nitrogens with zero attached hydrogens (tertiary/aromatic N) is 2. The summed E-state index contributed by atoms with van der Waals surface area (Å²) < 4.78 is 32.0. The number of ether oxygens (including phenoxy) is 1. The third-order valence-corrected chi connectivity index (χ3v) is 5.18. The third kappa shape index (κ3) is 5.76. The van der Waals surface area contributed by atoms with Crippen molar-refractivity contribution in [3.63, 3.8) is 0 Å². The lowest BCUT2D eigenvalue weighted by atomic mass is 10.2. The number of benzene rings is 2. The summed E-state index contributed by atoms with van der Waals surface area (Å²) in [7, 11) is 0. The lowest BCUT2D eigenvalue weighted by molar-refractivity contribution is -0.136. The number of carbonyl (C=O) groups is 2. The molecule has 8 heteroatoms. The molecule has 0 spiro atoms. The molecule has 1 fully saturated rings. The van der Waals surface area contributed by atoms with Gasteiger partial charge in [-0.2, -0.15) is 0 Å². The Morgan fingerprint density at radius 2 is 1.70 bits per heavy atom.